The second-order valence-electron chi connectivity index (χ2n) is 4.92. The summed E-state index contributed by atoms with van der Waals surface area (Å²) in [5.41, 5.74) is 10.0. The minimum atomic E-state index is 0.714. The molecule has 0 fully saturated rings. The Kier molecular flexibility index (Phi) is 4.04. The molecule has 3 aromatic rings. The van der Waals surface area contributed by atoms with Gasteiger partial charge in [0.1, 0.15) is 5.82 Å². The lowest BCUT2D eigenvalue weighted by Crippen LogP contribution is -2.02. The quantitative estimate of drug-likeness (QED) is 0.603. The number of benzene rings is 2. The van der Waals surface area contributed by atoms with Crippen LogP contribution in [0.3, 0.4) is 0 Å². The van der Waals surface area contributed by atoms with Crippen molar-refractivity contribution in [2.45, 2.75) is 19.9 Å². The Labute approximate surface area is 140 Å². The van der Waals surface area contributed by atoms with Crippen molar-refractivity contribution >= 4 is 48.6 Å². The molecular formula is C16H15Br2N3. The average molecular weight is 409 g/mol. The zero-order valence-electron chi connectivity index (χ0n) is 11.6. The predicted molar refractivity (Wildman–Crippen MR) is 95.3 cm³/mol. The van der Waals surface area contributed by atoms with E-state index in [0.717, 1.165) is 44.3 Å². The van der Waals surface area contributed by atoms with Gasteiger partial charge in [-0.1, -0.05) is 35.0 Å². The van der Waals surface area contributed by atoms with Crippen molar-refractivity contribution in [3.8, 4) is 11.4 Å². The van der Waals surface area contributed by atoms with E-state index in [0.29, 0.717) is 5.69 Å². The van der Waals surface area contributed by atoms with Crippen LogP contribution in [0.15, 0.2) is 45.3 Å². The van der Waals surface area contributed by atoms with Crippen molar-refractivity contribution in [1.29, 1.82) is 0 Å². The normalized spacial score (nSPS) is 11.2. The SMILES string of the molecule is CCCn1c(-c2cc(Br)cc(Br)c2N)nc2ccccc21. The summed E-state index contributed by atoms with van der Waals surface area (Å²) in [4.78, 5) is 4.79. The standard InChI is InChI=1S/C16H15Br2N3/c1-2-7-21-14-6-4-3-5-13(14)20-16(21)11-8-10(17)9-12(18)15(11)19/h3-6,8-9H,2,7,19H2,1H3. The van der Waals surface area contributed by atoms with Gasteiger partial charge in [-0.15, -0.1) is 0 Å². The lowest BCUT2D eigenvalue weighted by atomic mass is 10.1. The van der Waals surface area contributed by atoms with Crippen LogP contribution >= 0.6 is 31.9 Å². The molecule has 0 bridgehead atoms. The molecule has 0 unspecified atom stereocenters. The Hall–Kier alpha value is -1.33. The van der Waals surface area contributed by atoms with E-state index in [4.69, 9.17) is 10.7 Å². The number of rotatable bonds is 3. The molecule has 0 saturated heterocycles. The van der Waals surface area contributed by atoms with Crippen molar-refractivity contribution in [3.63, 3.8) is 0 Å². The fourth-order valence-corrected chi connectivity index (χ4v) is 3.73. The largest absolute Gasteiger partial charge is 0.397 e. The van der Waals surface area contributed by atoms with E-state index in [-0.39, 0.29) is 0 Å². The summed E-state index contributed by atoms with van der Waals surface area (Å²) in [6, 6.07) is 12.2. The molecule has 0 aliphatic heterocycles. The Bertz CT molecular complexity index is 809. The second kappa shape index (κ2) is 5.81. The second-order valence-corrected chi connectivity index (χ2v) is 6.69. The Morgan fingerprint density at radius 2 is 1.95 bits per heavy atom. The first-order chi connectivity index (χ1) is 10.1. The minimum absolute atomic E-state index is 0.714. The van der Waals surface area contributed by atoms with Gasteiger partial charge in [0.25, 0.3) is 0 Å². The number of para-hydroxylation sites is 2. The van der Waals surface area contributed by atoms with Gasteiger partial charge in [0.2, 0.25) is 0 Å². The number of anilines is 1. The van der Waals surface area contributed by atoms with Crippen molar-refractivity contribution in [2.24, 2.45) is 0 Å². The van der Waals surface area contributed by atoms with E-state index in [1.54, 1.807) is 0 Å². The maximum atomic E-state index is 6.25. The van der Waals surface area contributed by atoms with Crippen LogP contribution in [0.5, 0.6) is 0 Å². The van der Waals surface area contributed by atoms with Crippen molar-refractivity contribution in [2.75, 3.05) is 5.73 Å². The van der Waals surface area contributed by atoms with Crippen molar-refractivity contribution in [3.05, 3.63) is 45.3 Å². The molecule has 5 heteroatoms. The maximum Gasteiger partial charge on any atom is 0.143 e. The van der Waals surface area contributed by atoms with Crippen LogP contribution < -0.4 is 5.73 Å². The van der Waals surface area contributed by atoms with Crippen LogP contribution in [0.1, 0.15) is 13.3 Å². The Balaban J connectivity index is 2.32. The zero-order valence-corrected chi connectivity index (χ0v) is 14.8. The van der Waals surface area contributed by atoms with Gasteiger partial charge in [0.15, 0.2) is 0 Å². The van der Waals surface area contributed by atoms with E-state index < -0.39 is 0 Å². The molecule has 2 N–H and O–H groups in total. The molecule has 0 amide bonds. The van der Waals surface area contributed by atoms with Crippen LogP contribution in [-0.2, 0) is 6.54 Å². The average Bonchev–Trinajstić information content (AvgIpc) is 2.82. The van der Waals surface area contributed by atoms with Gasteiger partial charge < -0.3 is 10.3 Å². The van der Waals surface area contributed by atoms with E-state index in [9.17, 15) is 0 Å². The molecule has 3 nitrogen and oxygen atoms in total. The third kappa shape index (κ3) is 2.60. The highest BCUT2D eigenvalue weighted by Gasteiger charge is 2.16. The molecule has 0 atom stereocenters. The zero-order chi connectivity index (χ0) is 15.0. The fraction of sp³-hybridized carbons (Fsp3) is 0.188. The maximum absolute atomic E-state index is 6.25. The predicted octanol–water partition coefficient (Wildman–Crippen LogP) is 5.22. The van der Waals surface area contributed by atoms with Crippen LogP contribution in [0.25, 0.3) is 22.4 Å². The van der Waals surface area contributed by atoms with Gasteiger partial charge in [0.05, 0.1) is 16.7 Å². The first-order valence-corrected chi connectivity index (χ1v) is 8.40. The molecule has 0 aliphatic rings. The van der Waals surface area contributed by atoms with Crippen LogP contribution in [0.4, 0.5) is 5.69 Å². The molecular weight excluding hydrogens is 394 g/mol. The molecule has 1 aromatic heterocycles. The van der Waals surface area contributed by atoms with Crippen molar-refractivity contribution < 1.29 is 0 Å². The molecule has 2 aromatic carbocycles. The number of nitrogens with two attached hydrogens (primary N) is 1. The number of nitrogens with zero attached hydrogens (tertiary/aromatic N) is 2. The third-order valence-electron chi connectivity index (χ3n) is 3.44. The molecule has 3 rings (SSSR count). The molecule has 0 spiro atoms. The smallest absolute Gasteiger partial charge is 0.143 e. The van der Waals surface area contributed by atoms with E-state index in [2.05, 4.69) is 49.4 Å². The summed E-state index contributed by atoms with van der Waals surface area (Å²) in [6.07, 6.45) is 1.04. The highest BCUT2D eigenvalue weighted by molar-refractivity contribution is 9.11. The van der Waals surface area contributed by atoms with Gasteiger partial charge >= 0.3 is 0 Å². The van der Waals surface area contributed by atoms with E-state index in [1.807, 2.05) is 30.3 Å². The van der Waals surface area contributed by atoms with Gasteiger partial charge in [-0.05, 0) is 46.6 Å². The van der Waals surface area contributed by atoms with Gasteiger partial charge in [-0.2, -0.15) is 0 Å². The molecule has 0 saturated carbocycles. The van der Waals surface area contributed by atoms with Crippen LogP contribution in [-0.4, -0.2) is 9.55 Å². The number of aromatic nitrogens is 2. The molecule has 1 heterocycles. The molecule has 0 aliphatic carbocycles. The lowest BCUT2D eigenvalue weighted by Gasteiger charge is -2.11. The number of halogens is 2. The number of aryl methyl sites for hydroxylation is 1. The summed E-state index contributed by atoms with van der Waals surface area (Å²) in [7, 11) is 0. The summed E-state index contributed by atoms with van der Waals surface area (Å²) >= 11 is 7.04. The number of fused-ring (bicyclic) bond motifs is 1. The minimum Gasteiger partial charge on any atom is -0.397 e. The topological polar surface area (TPSA) is 43.8 Å². The monoisotopic (exact) mass is 407 g/mol. The highest BCUT2D eigenvalue weighted by Crippen LogP contribution is 2.36. The first-order valence-electron chi connectivity index (χ1n) is 6.82. The third-order valence-corrected chi connectivity index (χ3v) is 4.55. The van der Waals surface area contributed by atoms with Gasteiger partial charge in [-0.3, -0.25) is 0 Å². The summed E-state index contributed by atoms with van der Waals surface area (Å²) < 4.78 is 4.09. The summed E-state index contributed by atoms with van der Waals surface area (Å²) in [6.45, 7) is 3.08. The number of hydrogen-bond acceptors (Lipinski definition) is 2. The Morgan fingerprint density at radius 1 is 1.19 bits per heavy atom. The number of imidazole rings is 1. The Morgan fingerprint density at radius 3 is 2.71 bits per heavy atom. The van der Waals surface area contributed by atoms with E-state index >= 15 is 0 Å². The first kappa shape index (κ1) is 14.6. The summed E-state index contributed by atoms with van der Waals surface area (Å²) in [5, 5.41) is 0. The highest BCUT2D eigenvalue weighted by atomic mass is 79.9. The summed E-state index contributed by atoms with van der Waals surface area (Å²) in [5.74, 6) is 0.914. The number of nitrogen functional groups attached to an aromatic ring is 1. The molecule has 21 heavy (non-hydrogen) atoms. The van der Waals surface area contributed by atoms with Crippen LogP contribution in [0.2, 0.25) is 0 Å². The van der Waals surface area contributed by atoms with Crippen molar-refractivity contribution in [1.82, 2.24) is 9.55 Å². The number of hydrogen-bond donors (Lipinski definition) is 1. The van der Waals surface area contributed by atoms with Crippen LogP contribution in [0, 0.1) is 0 Å². The fourth-order valence-electron chi connectivity index (χ4n) is 2.50. The lowest BCUT2D eigenvalue weighted by molar-refractivity contribution is 0.704. The molecule has 108 valence electrons. The van der Waals surface area contributed by atoms with Gasteiger partial charge in [0, 0.05) is 21.1 Å². The van der Waals surface area contributed by atoms with E-state index in [1.165, 1.54) is 0 Å². The molecule has 0 radical (unpaired) electrons. The van der Waals surface area contributed by atoms with Gasteiger partial charge in [-0.25, -0.2) is 4.98 Å².